The minimum absolute atomic E-state index is 0.0132. The molecule has 1 aliphatic heterocycles. The molecule has 1 aliphatic rings. The standard InChI is InChI=1S/C22H20N2O5/c1-4-8-16-11-15(13-19(28-3)20(16)29-14(2)25)12-18-21(26)23-24(22(18)27)17-9-6-5-7-10-17/h4-7,9-13H,1,8H2,2-3H3,(H,23,26)/b18-12-. The van der Waals surface area contributed by atoms with Gasteiger partial charge >= 0.3 is 5.97 Å². The van der Waals surface area contributed by atoms with Gasteiger partial charge in [-0.1, -0.05) is 24.3 Å². The summed E-state index contributed by atoms with van der Waals surface area (Å²) >= 11 is 0. The number of amides is 2. The third-order valence-electron chi connectivity index (χ3n) is 4.20. The minimum atomic E-state index is -0.507. The molecule has 148 valence electrons. The Kier molecular flexibility index (Phi) is 5.78. The lowest BCUT2D eigenvalue weighted by atomic mass is 10.0. The molecule has 2 aromatic carbocycles. The van der Waals surface area contributed by atoms with Crippen LogP contribution in [0.3, 0.4) is 0 Å². The monoisotopic (exact) mass is 392 g/mol. The second-order valence-electron chi connectivity index (χ2n) is 6.27. The molecule has 0 radical (unpaired) electrons. The number of allylic oxidation sites excluding steroid dienone is 1. The molecule has 1 heterocycles. The van der Waals surface area contributed by atoms with E-state index in [1.54, 1.807) is 42.5 Å². The van der Waals surface area contributed by atoms with Crippen molar-refractivity contribution in [2.75, 3.05) is 12.1 Å². The lowest BCUT2D eigenvalue weighted by Crippen LogP contribution is -2.35. The number of anilines is 1. The number of methoxy groups -OCH3 is 1. The van der Waals surface area contributed by atoms with Crippen LogP contribution in [0.2, 0.25) is 0 Å². The van der Waals surface area contributed by atoms with E-state index in [0.29, 0.717) is 29.0 Å². The van der Waals surface area contributed by atoms with Gasteiger partial charge in [0.05, 0.1) is 12.8 Å². The maximum Gasteiger partial charge on any atom is 0.308 e. The Labute approximate surface area is 168 Å². The van der Waals surface area contributed by atoms with Gasteiger partial charge in [-0.25, -0.2) is 5.01 Å². The molecule has 0 aliphatic carbocycles. The van der Waals surface area contributed by atoms with Crippen LogP contribution >= 0.6 is 0 Å². The molecule has 2 aromatic rings. The zero-order chi connectivity index (χ0) is 21.0. The maximum atomic E-state index is 12.8. The largest absolute Gasteiger partial charge is 0.493 e. The van der Waals surface area contributed by atoms with Crippen molar-refractivity contribution >= 4 is 29.5 Å². The Bertz CT molecular complexity index is 1010. The fourth-order valence-corrected chi connectivity index (χ4v) is 2.97. The highest BCUT2D eigenvalue weighted by Gasteiger charge is 2.34. The van der Waals surface area contributed by atoms with Gasteiger partial charge in [-0.3, -0.25) is 19.8 Å². The molecule has 29 heavy (non-hydrogen) atoms. The smallest absolute Gasteiger partial charge is 0.308 e. The third-order valence-corrected chi connectivity index (χ3v) is 4.20. The van der Waals surface area contributed by atoms with Crippen LogP contribution in [0.25, 0.3) is 6.08 Å². The van der Waals surface area contributed by atoms with E-state index in [2.05, 4.69) is 12.0 Å². The molecule has 0 atom stereocenters. The van der Waals surface area contributed by atoms with Crippen LogP contribution < -0.4 is 19.9 Å². The second-order valence-corrected chi connectivity index (χ2v) is 6.27. The van der Waals surface area contributed by atoms with Crippen LogP contribution in [0.15, 0.2) is 60.7 Å². The number of para-hydroxylation sites is 1. The average Bonchev–Trinajstić information content (AvgIpc) is 2.98. The van der Waals surface area contributed by atoms with Crippen molar-refractivity contribution in [2.45, 2.75) is 13.3 Å². The van der Waals surface area contributed by atoms with Crippen molar-refractivity contribution in [3.05, 3.63) is 71.8 Å². The number of rotatable bonds is 6. The van der Waals surface area contributed by atoms with Crippen molar-refractivity contribution in [1.29, 1.82) is 0 Å². The molecule has 1 saturated heterocycles. The number of nitrogens with zero attached hydrogens (tertiary/aromatic N) is 1. The number of ether oxygens (including phenoxy) is 2. The van der Waals surface area contributed by atoms with Crippen LogP contribution in [0.1, 0.15) is 18.1 Å². The zero-order valence-corrected chi connectivity index (χ0v) is 16.1. The number of hydrogen-bond acceptors (Lipinski definition) is 5. The van der Waals surface area contributed by atoms with Crippen LogP contribution in [-0.4, -0.2) is 24.9 Å². The molecule has 2 amide bonds. The first-order chi connectivity index (χ1) is 13.9. The van der Waals surface area contributed by atoms with E-state index in [0.717, 1.165) is 0 Å². The number of hydrogen-bond donors (Lipinski definition) is 1. The van der Waals surface area contributed by atoms with Gasteiger partial charge in [-0.15, -0.1) is 6.58 Å². The van der Waals surface area contributed by atoms with E-state index in [4.69, 9.17) is 9.47 Å². The predicted molar refractivity (Wildman–Crippen MR) is 108 cm³/mol. The normalized spacial score (nSPS) is 14.7. The number of carbonyl (C=O) groups excluding carboxylic acids is 3. The molecule has 1 fully saturated rings. The molecule has 7 nitrogen and oxygen atoms in total. The molecule has 7 heteroatoms. The summed E-state index contributed by atoms with van der Waals surface area (Å²) in [6.45, 7) is 5.01. The Hall–Kier alpha value is -3.87. The molecule has 0 aromatic heterocycles. The Morgan fingerprint density at radius 3 is 2.55 bits per heavy atom. The summed E-state index contributed by atoms with van der Waals surface area (Å²) in [4.78, 5) is 36.6. The average molecular weight is 392 g/mol. The van der Waals surface area contributed by atoms with E-state index in [1.165, 1.54) is 25.1 Å². The molecule has 0 spiro atoms. The van der Waals surface area contributed by atoms with E-state index in [9.17, 15) is 14.4 Å². The van der Waals surface area contributed by atoms with Crippen molar-refractivity contribution in [3.63, 3.8) is 0 Å². The molecular weight excluding hydrogens is 372 g/mol. The Balaban J connectivity index is 2.02. The van der Waals surface area contributed by atoms with Gasteiger partial charge in [-0.05, 0) is 42.3 Å². The van der Waals surface area contributed by atoms with Crippen LogP contribution in [0.4, 0.5) is 5.69 Å². The number of esters is 1. The van der Waals surface area contributed by atoms with Crippen molar-refractivity contribution in [1.82, 2.24) is 5.43 Å². The molecule has 0 unspecified atom stereocenters. The fraction of sp³-hybridized carbons (Fsp3) is 0.136. The summed E-state index contributed by atoms with van der Waals surface area (Å²) in [6.07, 6.45) is 3.54. The highest BCUT2D eigenvalue weighted by molar-refractivity contribution is 6.31. The number of nitrogens with one attached hydrogen (secondary N) is 1. The summed E-state index contributed by atoms with van der Waals surface area (Å²) in [5, 5.41) is 1.20. The van der Waals surface area contributed by atoms with E-state index < -0.39 is 17.8 Å². The van der Waals surface area contributed by atoms with Gasteiger partial charge in [0.1, 0.15) is 5.57 Å². The first-order valence-corrected chi connectivity index (χ1v) is 8.87. The minimum Gasteiger partial charge on any atom is -0.493 e. The van der Waals surface area contributed by atoms with Crippen molar-refractivity contribution in [3.8, 4) is 11.5 Å². The molecule has 3 rings (SSSR count). The van der Waals surface area contributed by atoms with Crippen LogP contribution in [0, 0.1) is 0 Å². The first-order valence-electron chi connectivity index (χ1n) is 8.87. The van der Waals surface area contributed by atoms with Gasteiger partial charge in [-0.2, -0.15) is 0 Å². The van der Waals surface area contributed by atoms with Crippen molar-refractivity contribution in [2.24, 2.45) is 0 Å². The summed E-state index contributed by atoms with van der Waals surface area (Å²) in [5.41, 5.74) is 4.31. The molecular formula is C22H20N2O5. The van der Waals surface area contributed by atoms with Gasteiger partial charge in [0, 0.05) is 12.5 Å². The molecule has 1 N–H and O–H groups in total. The van der Waals surface area contributed by atoms with Crippen molar-refractivity contribution < 1.29 is 23.9 Å². The van der Waals surface area contributed by atoms with E-state index in [1.807, 2.05) is 6.07 Å². The summed E-state index contributed by atoms with van der Waals surface area (Å²) in [6, 6.07) is 12.1. The zero-order valence-electron chi connectivity index (χ0n) is 16.1. The summed E-state index contributed by atoms with van der Waals surface area (Å²) in [7, 11) is 1.45. The third kappa shape index (κ3) is 4.19. The Morgan fingerprint density at radius 1 is 1.21 bits per heavy atom. The van der Waals surface area contributed by atoms with E-state index >= 15 is 0 Å². The van der Waals surface area contributed by atoms with Gasteiger partial charge in [0.15, 0.2) is 11.5 Å². The highest BCUT2D eigenvalue weighted by atomic mass is 16.6. The molecule has 0 bridgehead atoms. The number of carbonyl (C=O) groups is 3. The topological polar surface area (TPSA) is 84.9 Å². The first kappa shape index (κ1) is 19.9. The van der Waals surface area contributed by atoms with Crippen LogP contribution in [-0.2, 0) is 20.8 Å². The van der Waals surface area contributed by atoms with Gasteiger partial charge in [0.2, 0.25) is 0 Å². The maximum absolute atomic E-state index is 12.8. The molecule has 0 saturated carbocycles. The SMILES string of the molecule is C=CCc1cc(/C=C2/C(=O)NN(c3ccccc3)C2=O)cc(OC)c1OC(C)=O. The predicted octanol–water partition coefficient (Wildman–Crippen LogP) is 2.81. The number of benzene rings is 2. The van der Waals surface area contributed by atoms with Crippen LogP contribution in [0.5, 0.6) is 11.5 Å². The Morgan fingerprint density at radius 2 is 1.93 bits per heavy atom. The quantitative estimate of drug-likeness (QED) is 0.269. The second kappa shape index (κ2) is 8.43. The van der Waals surface area contributed by atoms with Gasteiger partial charge in [0.25, 0.3) is 11.8 Å². The number of hydrazine groups is 1. The summed E-state index contributed by atoms with van der Waals surface area (Å²) in [5.74, 6) is -0.849. The fourth-order valence-electron chi connectivity index (χ4n) is 2.97. The summed E-state index contributed by atoms with van der Waals surface area (Å²) < 4.78 is 10.6. The lowest BCUT2D eigenvalue weighted by molar-refractivity contribution is -0.132. The van der Waals surface area contributed by atoms with Gasteiger partial charge < -0.3 is 9.47 Å². The highest BCUT2D eigenvalue weighted by Crippen LogP contribution is 2.35. The lowest BCUT2D eigenvalue weighted by Gasteiger charge is -2.14. The van der Waals surface area contributed by atoms with E-state index in [-0.39, 0.29) is 11.3 Å².